The number of hydrogen-bond acceptors (Lipinski definition) is 5. The third-order valence-corrected chi connectivity index (χ3v) is 4.43. The molecule has 0 aliphatic rings. The number of hydrogen-bond donors (Lipinski definition) is 1. The summed E-state index contributed by atoms with van der Waals surface area (Å²) in [5.74, 6) is 2.48. The largest absolute Gasteiger partial charge is 0.497 e. The molecule has 1 N–H and O–H groups in total. The number of carbonyl (C=O) groups is 1. The van der Waals surface area contributed by atoms with Crippen LogP contribution in [-0.4, -0.2) is 31.7 Å². The van der Waals surface area contributed by atoms with E-state index >= 15 is 0 Å². The summed E-state index contributed by atoms with van der Waals surface area (Å²) in [5, 5.41) is 2.93. The van der Waals surface area contributed by atoms with Gasteiger partial charge < -0.3 is 19.2 Å². The van der Waals surface area contributed by atoms with Gasteiger partial charge in [0.15, 0.2) is 0 Å². The number of aromatic nitrogens is 1. The number of nitrogens with one attached hydrogen (secondary N) is 1. The molecule has 28 heavy (non-hydrogen) atoms. The van der Waals surface area contributed by atoms with E-state index in [9.17, 15) is 4.79 Å². The van der Waals surface area contributed by atoms with Crippen LogP contribution in [0.5, 0.6) is 11.5 Å². The van der Waals surface area contributed by atoms with Crippen LogP contribution in [-0.2, 0) is 17.6 Å². The number of carbonyl (C=O) groups excluding carboxylic acids is 1. The van der Waals surface area contributed by atoms with Gasteiger partial charge in [-0.25, -0.2) is 4.98 Å². The van der Waals surface area contributed by atoms with Crippen molar-refractivity contribution in [2.45, 2.75) is 19.8 Å². The molecule has 0 aliphatic carbocycles. The fourth-order valence-corrected chi connectivity index (χ4v) is 2.92. The van der Waals surface area contributed by atoms with Gasteiger partial charge in [0.2, 0.25) is 11.8 Å². The third kappa shape index (κ3) is 4.71. The minimum atomic E-state index is -0.0918. The van der Waals surface area contributed by atoms with E-state index in [1.165, 1.54) is 0 Å². The Morgan fingerprint density at radius 1 is 1.11 bits per heavy atom. The van der Waals surface area contributed by atoms with Crippen LogP contribution in [0.25, 0.3) is 11.5 Å². The van der Waals surface area contributed by atoms with Gasteiger partial charge in [-0.05, 0) is 43.2 Å². The maximum Gasteiger partial charge on any atom is 0.230 e. The summed E-state index contributed by atoms with van der Waals surface area (Å²) in [6, 6.07) is 15.3. The van der Waals surface area contributed by atoms with Crippen LogP contribution in [0.3, 0.4) is 0 Å². The highest BCUT2D eigenvalue weighted by molar-refractivity contribution is 5.78. The van der Waals surface area contributed by atoms with Gasteiger partial charge in [0.1, 0.15) is 17.3 Å². The van der Waals surface area contributed by atoms with Crippen molar-refractivity contribution in [2.24, 2.45) is 0 Å². The molecule has 0 fully saturated rings. The summed E-state index contributed by atoms with van der Waals surface area (Å²) >= 11 is 0. The third-order valence-electron chi connectivity index (χ3n) is 4.43. The molecule has 3 rings (SSSR count). The predicted octanol–water partition coefficient (Wildman–Crippen LogP) is 3.57. The summed E-state index contributed by atoms with van der Waals surface area (Å²) in [6.45, 7) is 2.35. The smallest absolute Gasteiger partial charge is 0.230 e. The first-order valence-electron chi connectivity index (χ1n) is 9.10. The van der Waals surface area contributed by atoms with E-state index in [4.69, 9.17) is 13.9 Å². The van der Waals surface area contributed by atoms with E-state index in [0.29, 0.717) is 29.6 Å². The molecular weight excluding hydrogens is 356 g/mol. The number of aryl methyl sites for hydroxylation is 1. The average Bonchev–Trinajstić information content (AvgIpc) is 3.08. The Kier molecular flexibility index (Phi) is 6.32. The molecule has 146 valence electrons. The Bertz CT molecular complexity index is 949. The van der Waals surface area contributed by atoms with Gasteiger partial charge in [-0.1, -0.05) is 24.3 Å². The number of amides is 1. The first kappa shape index (κ1) is 19.5. The normalized spacial score (nSPS) is 10.5. The van der Waals surface area contributed by atoms with Crippen molar-refractivity contribution >= 4 is 5.91 Å². The number of para-hydroxylation sites is 1. The molecule has 0 atom stereocenters. The first-order chi connectivity index (χ1) is 13.6. The van der Waals surface area contributed by atoms with Crippen LogP contribution in [0.2, 0.25) is 0 Å². The van der Waals surface area contributed by atoms with E-state index in [2.05, 4.69) is 10.3 Å². The topological polar surface area (TPSA) is 73.6 Å². The molecule has 6 heteroatoms. The van der Waals surface area contributed by atoms with E-state index in [1.54, 1.807) is 14.2 Å². The number of oxazole rings is 1. The summed E-state index contributed by atoms with van der Waals surface area (Å²) in [4.78, 5) is 16.8. The first-order valence-corrected chi connectivity index (χ1v) is 9.10. The van der Waals surface area contributed by atoms with Crippen LogP contribution in [0, 0.1) is 6.92 Å². The second-order valence-electron chi connectivity index (χ2n) is 6.35. The van der Waals surface area contributed by atoms with Gasteiger partial charge >= 0.3 is 0 Å². The molecule has 3 aromatic rings. The summed E-state index contributed by atoms with van der Waals surface area (Å²) in [7, 11) is 3.24. The molecule has 0 saturated heterocycles. The Hall–Kier alpha value is -3.28. The standard InChI is InChI=1S/C22H24N2O4/c1-15-19(24-22(28-15)18-9-4-5-10-20(18)27-3)14-21(25)23-12-11-16-7-6-8-17(13-16)26-2/h4-10,13H,11-12,14H2,1-3H3,(H,23,25). The lowest BCUT2D eigenvalue weighted by molar-refractivity contribution is -0.120. The Morgan fingerprint density at radius 2 is 1.93 bits per heavy atom. The summed E-state index contributed by atoms with van der Waals surface area (Å²) < 4.78 is 16.3. The molecule has 0 bridgehead atoms. The molecule has 0 unspecified atom stereocenters. The maximum absolute atomic E-state index is 12.3. The molecular formula is C22H24N2O4. The molecule has 1 heterocycles. The van der Waals surface area contributed by atoms with Crippen molar-refractivity contribution < 1.29 is 18.7 Å². The molecule has 6 nitrogen and oxygen atoms in total. The van der Waals surface area contributed by atoms with Crippen LogP contribution < -0.4 is 14.8 Å². The van der Waals surface area contributed by atoms with Crippen LogP contribution >= 0.6 is 0 Å². The molecule has 0 spiro atoms. The number of rotatable bonds is 8. The lowest BCUT2D eigenvalue weighted by Crippen LogP contribution is -2.27. The van der Waals surface area contributed by atoms with Gasteiger partial charge in [-0.3, -0.25) is 4.79 Å². The molecule has 0 saturated carbocycles. The second kappa shape index (κ2) is 9.08. The minimum Gasteiger partial charge on any atom is -0.497 e. The molecule has 1 amide bonds. The molecule has 1 aromatic heterocycles. The number of ether oxygens (including phenoxy) is 2. The van der Waals surface area contributed by atoms with Crippen LogP contribution in [0.4, 0.5) is 0 Å². The number of benzene rings is 2. The van der Waals surface area contributed by atoms with Crippen molar-refractivity contribution in [1.82, 2.24) is 10.3 Å². The highest BCUT2D eigenvalue weighted by Gasteiger charge is 2.17. The zero-order chi connectivity index (χ0) is 19.9. The van der Waals surface area contributed by atoms with E-state index in [0.717, 1.165) is 23.3 Å². The van der Waals surface area contributed by atoms with Gasteiger partial charge in [0.25, 0.3) is 0 Å². The van der Waals surface area contributed by atoms with E-state index in [1.807, 2.05) is 55.5 Å². The Labute approximate surface area is 164 Å². The van der Waals surface area contributed by atoms with Gasteiger partial charge in [0.05, 0.1) is 31.9 Å². The monoisotopic (exact) mass is 380 g/mol. The van der Waals surface area contributed by atoms with Crippen LogP contribution in [0.15, 0.2) is 52.9 Å². The zero-order valence-electron chi connectivity index (χ0n) is 16.3. The summed E-state index contributed by atoms with van der Waals surface area (Å²) in [6.07, 6.45) is 0.899. The highest BCUT2D eigenvalue weighted by Crippen LogP contribution is 2.30. The maximum atomic E-state index is 12.3. The highest BCUT2D eigenvalue weighted by atomic mass is 16.5. The lowest BCUT2D eigenvalue weighted by Gasteiger charge is -2.06. The second-order valence-corrected chi connectivity index (χ2v) is 6.35. The number of nitrogens with zero attached hydrogens (tertiary/aromatic N) is 1. The Morgan fingerprint density at radius 3 is 2.71 bits per heavy atom. The van der Waals surface area contributed by atoms with Crippen molar-refractivity contribution in [3.05, 3.63) is 65.5 Å². The van der Waals surface area contributed by atoms with Crippen molar-refractivity contribution in [3.63, 3.8) is 0 Å². The van der Waals surface area contributed by atoms with E-state index < -0.39 is 0 Å². The van der Waals surface area contributed by atoms with E-state index in [-0.39, 0.29) is 12.3 Å². The van der Waals surface area contributed by atoms with Gasteiger partial charge in [-0.15, -0.1) is 0 Å². The van der Waals surface area contributed by atoms with Crippen molar-refractivity contribution in [2.75, 3.05) is 20.8 Å². The minimum absolute atomic E-state index is 0.0918. The molecule has 2 aromatic carbocycles. The number of methoxy groups -OCH3 is 2. The predicted molar refractivity (Wildman–Crippen MR) is 107 cm³/mol. The Balaban J connectivity index is 1.59. The van der Waals surface area contributed by atoms with Crippen LogP contribution in [0.1, 0.15) is 17.0 Å². The quantitative estimate of drug-likeness (QED) is 0.647. The van der Waals surface area contributed by atoms with Crippen molar-refractivity contribution in [1.29, 1.82) is 0 Å². The zero-order valence-corrected chi connectivity index (χ0v) is 16.3. The fraction of sp³-hybridized carbons (Fsp3) is 0.273. The fourth-order valence-electron chi connectivity index (χ4n) is 2.92. The van der Waals surface area contributed by atoms with Gasteiger partial charge in [0, 0.05) is 6.54 Å². The SMILES string of the molecule is COc1cccc(CCNC(=O)Cc2nc(-c3ccccc3OC)oc2C)c1. The van der Waals surface area contributed by atoms with Crippen molar-refractivity contribution in [3.8, 4) is 23.0 Å². The van der Waals surface area contributed by atoms with Gasteiger partial charge in [-0.2, -0.15) is 0 Å². The lowest BCUT2D eigenvalue weighted by atomic mass is 10.1. The average molecular weight is 380 g/mol. The molecule has 0 radical (unpaired) electrons. The summed E-state index contributed by atoms with van der Waals surface area (Å²) in [5.41, 5.74) is 2.49. The molecule has 0 aliphatic heterocycles.